The standard InChI is InChI=1S/C26H31N3O4S/c1-2-20-11-13-21(14-12-20)27-25(30)19-34(32,33)24-17-29(23-10-6-5-9-22(23)24)18-26(31)28-15-7-3-4-8-16-28/h5-6,9-14,17H,2-4,7-8,15-16,18-19H2,1H3,(H,27,30). The molecule has 0 bridgehead atoms. The predicted octanol–water partition coefficient (Wildman–Crippen LogP) is 4.02. The number of likely N-dealkylation sites (tertiary alicyclic amines) is 1. The van der Waals surface area contributed by atoms with E-state index in [1.165, 1.54) is 6.20 Å². The highest BCUT2D eigenvalue weighted by Crippen LogP contribution is 2.27. The van der Waals surface area contributed by atoms with Crippen molar-refractivity contribution in [1.29, 1.82) is 0 Å². The average Bonchev–Trinajstić information content (AvgIpc) is 2.99. The van der Waals surface area contributed by atoms with Gasteiger partial charge in [-0.05, 0) is 43.0 Å². The van der Waals surface area contributed by atoms with Crippen LogP contribution in [0.1, 0.15) is 38.2 Å². The van der Waals surface area contributed by atoms with E-state index in [0.717, 1.165) is 50.8 Å². The molecule has 0 aliphatic carbocycles. The van der Waals surface area contributed by atoms with Crippen LogP contribution in [-0.4, -0.2) is 48.5 Å². The summed E-state index contributed by atoms with van der Waals surface area (Å²) in [5.41, 5.74) is 2.36. The van der Waals surface area contributed by atoms with Gasteiger partial charge in [-0.1, -0.05) is 50.1 Å². The van der Waals surface area contributed by atoms with Gasteiger partial charge in [-0.3, -0.25) is 9.59 Å². The Kier molecular flexibility index (Phi) is 7.36. The van der Waals surface area contributed by atoms with Crippen LogP contribution in [0.3, 0.4) is 0 Å². The number of rotatable bonds is 7. The van der Waals surface area contributed by atoms with E-state index in [-0.39, 0.29) is 17.3 Å². The highest BCUT2D eigenvalue weighted by molar-refractivity contribution is 7.92. The molecule has 1 saturated heterocycles. The molecule has 0 atom stereocenters. The third kappa shape index (κ3) is 5.50. The van der Waals surface area contributed by atoms with Gasteiger partial charge in [0, 0.05) is 35.9 Å². The van der Waals surface area contributed by atoms with Crippen LogP contribution in [-0.2, 0) is 32.4 Å². The normalized spacial score (nSPS) is 14.7. The van der Waals surface area contributed by atoms with Crippen molar-refractivity contribution in [3.63, 3.8) is 0 Å². The first-order valence-corrected chi connectivity index (χ1v) is 13.5. The molecule has 2 amide bonds. The van der Waals surface area contributed by atoms with Gasteiger partial charge in [-0.25, -0.2) is 8.42 Å². The van der Waals surface area contributed by atoms with Crippen LogP contribution in [0.25, 0.3) is 10.9 Å². The molecule has 1 fully saturated rings. The largest absolute Gasteiger partial charge is 0.341 e. The minimum atomic E-state index is -3.92. The molecule has 1 N–H and O–H groups in total. The molecule has 2 heterocycles. The molecule has 180 valence electrons. The van der Waals surface area contributed by atoms with Crippen molar-refractivity contribution in [3.05, 3.63) is 60.3 Å². The van der Waals surface area contributed by atoms with E-state index in [4.69, 9.17) is 0 Å². The number of aryl methyl sites for hydroxylation is 1. The number of amides is 2. The Morgan fingerprint density at radius 2 is 1.62 bits per heavy atom. The van der Waals surface area contributed by atoms with Gasteiger partial charge in [0.1, 0.15) is 12.3 Å². The Bertz CT molecular complexity index is 1270. The maximum absolute atomic E-state index is 13.2. The van der Waals surface area contributed by atoms with E-state index in [1.54, 1.807) is 34.9 Å². The zero-order valence-electron chi connectivity index (χ0n) is 19.5. The molecule has 3 aromatic rings. The molecule has 4 rings (SSSR count). The van der Waals surface area contributed by atoms with Crippen molar-refractivity contribution < 1.29 is 18.0 Å². The number of nitrogens with zero attached hydrogens (tertiary/aromatic N) is 2. The Balaban J connectivity index is 1.54. The van der Waals surface area contributed by atoms with Gasteiger partial charge in [0.05, 0.1) is 4.90 Å². The first-order valence-electron chi connectivity index (χ1n) is 11.8. The lowest BCUT2D eigenvalue weighted by Crippen LogP contribution is -2.34. The van der Waals surface area contributed by atoms with E-state index in [9.17, 15) is 18.0 Å². The summed E-state index contributed by atoms with van der Waals surface area (Å²) in [6.45, 7) is 3.59. The summed E-state index contributed by atoms with van der Waals surface area (Å²) >= 11 is 0. The highest BCUT2D eigenvalue weighted by atomic mass is 32.2. The second kappa shape index (κ2) is 10.4. The first kappa shape index (κ1) is 24.0. The quantitative estimate of drug-likeness (QED) is 0.552. The first-order chi connectivity index (χ1) is 16.4. The third-order valence-electron chi connectivity index (χ3n) is 6.32. The SMILES string of the molecule is CCc1ccc(NC(=O)CS(=O)(=O)c2cn(CC(=O)N3CCCCCC3)c3ccccc23)cc1. The fraction of sp³-hybridized carbons (Fsp3) is 0.385. The van der Waals surface area contributed by atoms with E-state index in [1.807, 2.05) is 30.0 Å². The van der Waals surface area contributed by atoms with Crippen LogP contribution in [0.15, 0.2) is 59.6 Å². The van der Waals surface area contributed by atoms with E-state index in [2.05, 4.69) is 5.32 Å². The number of anilines is 1. The van der Waals surface area contributed by atoms with E-state index < -0.39 is 21.5 Å². The van der Waals surface area contributed by atoms with E-state index >= 15 is 0 Å². The summed E-state index contributed by atoms with van der Waals surface area (Å²) in [5.74, 6) is -1.28. The Hall–Kier alpha value is -3.13. The highest BCUT2D eigenvalue weighted by Gasteiger charge is 2.25. The number of carbonyl (C=O) groups excluding carboxylic acids is 2. The lowest BCUT2D eigenvalue weighted by molar-refractivity contribution is -0.131. The van der Waals surface area contributed by atoms with Gasteiger partial charge in [0.25, 0.3) is 0 Å². The summed E-state index contributed by atoms with van der Waals surface area (Å²) in [7, 11) is -3.92. The third-order valence-corrected chi connectivity index (χ3v) is 7.96. The average molecular weight is 482 g/mol. The maximum atomic E-state index is 13.2. The lowest BCUT2D eigenvalue weighted by Gasteiger charge is -2.20. The number of hydrogen-bond donors (Lipinski definition) is 1. The van der Waals surface area contributed by atoms with E-state index in [0.29, 0.717) is 16.6 Å². The molecule has 1 aliphatic rings. The molecular formula is C26H31N3O4S. The fourth-order valence-corrected chi connectivity index (χ4v) is 5.80. The molecule has 1 aliphatic heterocycles. The number of benzene rings is 2. The number of hydrogen-bond acceptors (Lipinski definition) is 4. The van der Waals surface area contributed by atoms with Crippen LogP contribution < -0.4 is 5.32 Å². The van der Waals surface area contributed by atoms with Crippen LogP contribution in [0.4, 0.5) is 5.69 Å². The molecule has 8 heteroatoms. The molecule has 0 unspecified atom stereocenters. The van der Waals surface area contributed by atoms with Gasteiger partial charge in [-0.15, -0.1) is 0 Å². The molecule has 1 aromatic heterocycles. The van der Waals surface area contributed by atoms with Crippen LogP contribution in [0, 0.1) is 0 Å². The van der Waals surface area contributed by atoms with Crippen molar-refractivity contribution in [2.75, 3.05) is 24.2 Å². The van der Waals surface area contributed by atoms with Crippen molar-refractivity contribution in [2.45, 2.75) is 50.5 Å². The topological polar surface area (TPSA) is 88.5 Å². The van der Waals surface area contributed by atoms with Crippen molar-refractivity contribution >= 4 is 38.2 Å². The van der Waals surface area contributed by atoms with Crippen LogP contribution in [0.5, 0.6) is 0 Å². The van der Waals surface area contributed by atoms with Crippen LogP contribution >= 0.6 is 0 Å². The predicted molar refractivity (Wildman–Crippen MR) is 133 cm³/mol. The summed E-state index contributed by atoms with van der Waals surface area (Å²) in [6, 6.07) is 14.4. The molecule has 34 heavy (non-hydrogen) atoms. The van der Waals surface area contributed by atoms with Crippen LogP contribution in [0.2, 0.25) is 0 Å². The number of fused-ring (bicyclic) bond motifs is 1. The van der Waals surface area contributed by atoms with Gasteiger partial charge in [-0.2, -0.15) is 0 Å². The van der Waals surface area contributed by atoms with Gasteiger partial charge < -0.3 is 14.8 Å². The second-order valence-electron chi connectivity index (χ2n) is 8.79. The van der Waals surface area contributed by atoms with Gasteiger partial charge in [0.15, 0.2) is 9.84 Å². The second-order valence-corrected chi connectivity index (χ2v) is 10.7. The number of aromatic nitrogens is 1. The Labute approximate surface area is 200 Å². The Morgan fingerprint density at radius 1 is 0.941 bits per heavy atom. The minimum Gasteiger partial charge on any atom is -0.341 e. The zero-order valence-corrected chi connectivity index (χ0v) is 20.3. The monoisotopic (exact) mass is 481 g/mol. The summed E-state index contributed by atoms with van der Waals surface area (Å²) in [5, 5.41) is 3.19. The zero-order chi connectivity index (χ0) is 24.1. The lowest BCUT2D eigenvalue weighted by atomic mass is 10.1. The molecule has 0 spiro atoms. The summed E-state index contributed by atoms with van der Waals surface area (Å²) < 4.78 is 28.1. The number of nitrogens with one attached hydrogen (secondary N) is 1. The molecule has 0 radical (unpaired) electrons. The van der Waals surface area contributed by atoms with Crippen molar-refractivity contribution in [2.24, 2.45) is 0 Å². The minimum absolute atomic E-state index is 0.0140. The van der Waals surface area contributed by atoms with Gasteiger partial charge >= 0.3 is 0 Å². The summed E-state index contributed by atoms with van der Waals surface area (Å²) in [6.07, 6.45) is 6.63. The number of para-hydroxylation sites is 1. The van der Waals surface area contributed by atoms with Crippen molar-refractivity contribution in [1.82, 2.24) is 9.47 Å². The molecular weight excluding hydrogens is 450 g/mol. The Morgan fingerprint density at radius 3 is 2.29 bits per heavy atom. The van der Waals surface area contributed by atoms with Crippen molar-refractivity contribution in [3.8, 4) is 0 Å². The molecule has 2 aromatic carbocycles. The smallest absolute Gasteiger partial charge is 0.242 e. The van der Waals surface area contributed by atoms with Gasteiger partial charge in [0.2, 0.25) is 11.8 Å². The fourth-order valence-electron chi connectivity index (χ4n) is 4.43. The number of sulfone groups is 1. The molecule has 7 nitrogen and oxygen atoms in total. The molecule has 0 saturated carbocycles. The maximum Gasteiger partial charge on any atom is 0.242 e. The summed E-state index contributed by atoms with van der Waals surface area (Å²) in [4.78, 5) is 27.4. The number of carbonyl (C=O) groups is 2.